The molecule has 0 fully saturated rings. The van der Waals surface area contributed by atoms with E-state index in [9.17, 15) is 47.0 Å². The van der Waals surface area contributed by atoms with Gasteiger partial charge in [-0.15, -0.1) is 0 Å². The summed E-state index contributed by atoms with van der Waals surface area (Å²) in [4.78, 5) is 2.79. The minimum atomic E-state index is -3.71. The van der Waals surface area contributed by atoms with Gasteiger partial charge in [0.2, 0.25) is 19.7 Å². The second-order valence-corrected chi connectivity index (χ2v) is 24.9. The fourth-order valence-corrected chi connectivity index (χ4v) is 11.4. The first-order chi connectivity index (χ1) is 38.4. The van der Waals surface area contributed by atoms with Gasteiger partial charge in [0.15, 0.2) is 11.1 Å². The van der Waals surface area contributed by atoms with E-state index in [1.807, 2.05) is 42.5 Å². The molecule has 22 heteroatoms. The molecule has 0 spiro atoms. The number of benzene rings is 9. The number of hydrogen-bond donors (Lipinski definition) is 1. The van der Waals surface area contributed by atoms with Crippen LogP contribution in [0.5, 0.6) is 0 Å². The summed E-state index contributed by atoms with van der Waals surface area (Å²) in [5, 5.41) is 25.9. The summed E-state index contributed by atoms with van der Waals surface area (Å²) in [6.45, 7) is 4.46. The molecule has 0 aromatic heterocycles. The SMILES string of the molecule is CC1(C)c2ccccc2N(c2ccc(S(=O)(=O)c3ccc(C#N)cc3)cc2)c2ccccc21.N#Cc1ccc(F)cc1.N#Cc1ccc(S(=O)(=O)c2ccc(F)cc2)cc1.O=S(=O)(Cl)c1ccc(F)cc1.O=S(O)c1ccc(F)cc1.[Na]. The Bertz CT molecular complexity index is 4120. The maximum absolute atomic E-state index is 13.1. The van der Waals surface area contributed by atoms with Crippen molar-refractivity contribution < 1.29 is 51.6 Å². The summed E-state index contributed by atoms with van der Waals surface area (Å²) in [7, 11) is -6.09. The van der Waals surface area contributed by atoms with E-state index in [2.05, 4.69) is 55.1 Å². The van der Waals surface area contributed by atoms with Crippen LogP contribution in [-0.2, 0) is 45.2 Å². The first-order valence-electron chi connectivity index (χ1n) is 23.5. The van der Waals surface area contributed by atoms with Crippen LogP contribution < -0.4 is 4.90 Å². The van der Waals surface area contributed by atoms with Crippen molar-refractivity contribution in [3.63, 3.8) is 0 Å². The van der Waals surface area contributed by atoms with Crippen LogP contribution in [0.2, 0.25) is 0 Å². The van der Waals surface area contributed by atoms with E-state index in [1.54, 1.807) is 12.1 Å². The van der Waals surface area contributed by atoms with Gasteiger partial charge < -0.3 is 9.45 Å². The minimum absolute atomic E-state index is 0. The molecule has 9 aromatic rings. The summed E-state index contributed by atoms with van der Waals surface area (Å²) in [5.41, 5.74) is 6.65. The average Bonchev–Trinajstić information content (AvgIpc) is 3.64. The van der Waals surface area contributed by atoms with Gasteiger partial charge in [-0.05, 0) is 193 Å². The molecule has 1 aliphatic heterocycles. The molecule has 1 heterocycles. The van der Waals surface area contributed by atoms with Crippen LogP contribution in [-0.4, -0.2) is 63.6 Å². The predicted octanol–water partition coefficient (Wildman–Crippen LogP) is 13.5. The number of rotatable bonds is 7. The molecule has 1 N–H and O–H groups in total. The quantitative estimate of drug-likeness (QED) is 0.0519. The summed E-state index contributed by atoms with van der Waals surface area (Å²) in [5.74, 6) is -1.70. The van der Waals surface area contributed by atoms with Crippen LogP contribution in [0.15, 0.2) is 248 Å². The second kappa shape index (κ2) is 28.8. The number of para-hydroxylation sites is 2. The van der Waals surface area contributed by atoms with Gasteiger partial charge >= 0.3 is 0 Å². The second-order valence-electron chi connectivity index (χ2n) is 17.4. The van der Waals surface area contributed by atoms with Gasteiger partial charge in [0, 0.05) is 51.3 Å². The van der Waals surface area contributed by atoms with E-state index in [4.69, 9.17) is 31.0 Å². The normalized spacial score (nSPS) is 12.1. The molecule has 12 nitrogen and oxygen atoms in total. The van der Waals surface area contributed by atoms with Gasteiger partial charge in [-0.2, -0.15) is 15.8 Å². The van der Waals surface area contributed by atoms with E-state index in [0.29, 0.717) is 16.7 Å². The molecule has 0 bridgehead atoms. The zero-order valence-electron chi connectivity index (χ0n) is 43.4. The molecule has 0 aliphatic carbocycles. The van der Waals surface area contributed by atoms with E-state index >= 15 is 0 Å². The molecule has 1 aliphatic rings. The van der Waals surface area contributed by atoms with Crippen molar-refractivity contribution in [1.29, 1.82) is 15.8 Å². The van der Waals surface area contributed by atoms with Gasteiger partial charge in [0.25, 0.3) is 9.05 Å². The van der Waals surface area contributed by atoms with Crippen LogP contribution in [0.3, 0.4) is 0 Å². The molecule has 1 atom stereocenters. The van der Waals surface area contributed by atoms with Crippen molar-refractivity contribution in [1.82, 2.24) is 0 Å². The van der Waals surface area contributed by atoms with Gasteiger partial charge in [0.05, 0.1) is 75.6 Å². The van der Waals surface area contributed by atoms with E-state index in [-0.39, 0.29) is 70.2 Å². The van der Waals surface area contributed by atoms with E-state index in [0.717, 1.165) is 65.6 Å². The Balaban J connectivity index is 0.000000211. The van der Waals surface area contributed by atoms with Crippen molar-refractivity contribution in [3.05, 3.63) is 269 Å². The number of hydrogen-bond acceptors (Lipinski definition) is 11. The monoisotopic (exact) mass is 1210 g/mol. The number of nitriles is 3. The molecule has 0 amide bonds. The Hall–Kier alpha value is -7.78. The summed E-state index contributed by atoms with van der Waals surface area (Å²) in [6.07, 6.45) is 0. The van der Waals surface area contributed by atoms with Gasteiger partial charge in [-0.3, -0.25) is 0 Å². The molecular formula is C60H43ClF4N4NaO8S4. The maximum atomic E-state index is 13.1. The topological polar surface area (TPSA) is 214 Å². The number of nitrogens with zero attached hydrogens (tertiary/aromatic N) is 4. The van der Waals surface area contributed by atoms with Crippen molar-refractivity contribution in [3.8, 4) is 18.2 Å². The third-order valence-corrected chi connectivity index (χ3v) is 17.5. The molecule has 1 radical (unpaired) electrons. The van der Waals surface area contributed by atoms with Crippen molar-refractivity contribution in [2.45, 2.75) is 48.6 Å². The third kappa shape index (κ3) is 16.7. The van der Waals surface area contributed by atoms with Crippen molar-refractivity contribution in [2.75, 3.05) is 4.90 Å². The van der Waals surface area contributed by atoms with Gasteiger partial charge in [0.1, 0.15) is 23.3 Å². The van der Waals surface area contributed by atoms with Crippen LogP contribution in [0.1, 0.15) is 41.7 Å². The molecule has 411 valence electrons. The molecule has 82 heavy (non-hydrogen) atoms. The van der Waals surface area contributed by atoms with Crippen molar-refractivity contribution >= 4 is 97.1 Å². The Labute approximate surface area is 501 Å². The molecular weight excluding hydrogens is 1170 g/mol. The predicted molar refractivity (Wildman–Crippen MR) is 305 cm³/mol. The third-order valence-electron chi connectivity index (χ3n) is 11.8. The first kappa shape index (κ1) is 65.0. The Morgan fingerprint density at radius 2 is 0.707 bits per heavy atom. The Morgan fingerprint density at radius 1 is 0.439 bits per heavy atom. The van der Waals surface area contributed by atoms with Gasteiger partial charge in [-0.1, -0.05) is 50.2 Å². The minimum Gasteiger partial charge on any atom is -0.310 e. The Morgan fingerprint density at radius 3 is 1.02 bits per heavy atom. The fraction of sp³-hybridized carbons (Fsp3) is 0.0500. The Kier molecular flexibility index (Phi) is 22.8. The van der Waals surface area contributed by atoms with Crippen LogP contribution in [0.4, 0.5) is 34.6 Å². The molecule has 9 aromatic carbocycles. The van der Waals surface area contributed by atoms with E-state index < -0.39 is 57.3 Å². The number of sulfone groups is 2. The van der Waals surface area contributed by atoms with Crippen LogP contribution in [0, 0.1) is 57.3 Å². The summed E-state index contributed by atoms with van der Waals surface area (Å²) >= 11 is -2.00. The fourth-order valence-electron chi connectivity index (χ4n) is 7.70. The summed E-state index contributed by atoms with van der Waals surface area (Å²) in [6, 6.07) is 60.2. The molecule has 0 saturated heterocycles. The standard InChI is InChI=1S/C28H22N2O2S.C13H8FNO2S.C7H4FN.C6H4ClFO2S.C6H5FO2S.Na/c1-28(2)24-7-3-5-9-26(24)30(27-10-6-4-8-25(27)28)21-13-17-23(18-14-21)33(31,32)22-15-11-20(19-29)12-16-22;14-11-3-7-13(8-4-11)18(16,17)12-5-1-10(9-15)2-6-12;8-7-3-1-6(5-9)2-4-7;7-11(9,10)6-3-1-5(8)2-4-6;7-5-1-3-6(4-2-5)10(8)9;/h3-18H,1-2H3;1-8H;1-4H;1-4H;1-4H,(H,8,9);. The van der Waals surface area contributed by atoms with Gasteiger partial charge in [-0.25, -0.2) is 47.0 Å². The number of halogens is 5. The van der Waals surface area contributed by atoms with Crippen LogP contribution >= 0.6 is 10.7 Å². The maximum Gasteiger partial charge on any atom is 0.261 e. The zero-order chi connectivity index (χ0) is 59.1. The smallest absolute Gasteiger partial charge is 0.261 e. The molecule has 0 saturated carbocycles. The summed E-state index contributed by atoms with van der Waals surface area (Å²) < 4.78 is 140. The molecule has 10 rings (SSSR count). The average molecular weight is 1210 g/mol. The largest absolute Gasteiger partial charge is 0.310 e. The number of fused-ring (bicyclic) bond motifs is 2. The number of anilines is 3. The zero-order valence-corrected chi connectivity index (χ0v) is 49.4. The first-order valence-corrected chi connectivity index (χ1v) is 29.9. The van der Waals surface area contributed by atoms with Crippen molar-refractivity contribution in [2.24, 2.45) is 0 Å². The van der Waals surface area contributed by atoms with E-state index in [1.165, 1.54) is 108 Å². The molecule has 1 unspecified atom stereocenters. The van der Waals surface area contributed by atoms with Crippen LogP contribution in [0.25, 0.3) is 0 Å².